The van der Waals surface area contributed by atoms with Crippen LogP contribution in [0.5, 0.6) is 0 Å². The SMILES string of the molecule is Cc1ccc(NC(=O)[C@H]2CC2(C)C)cc1C(=O)O. The number of anilines is 1. The number of aryl methyl sites for hydroxylation is 1. The van der Waals surface area contributed by atoms with Gasteiger partial charge in [-0.3, -0.25) is 4.79 Å². The van der Waals surface area contributed by atoms with Crippen molar-refractivity contribution in [2.24, 2.45) is 11.3 Å². The van der Waals surface area contributed by atoms with Gasteiger partial charge in [-0.25, -0.2) is 4.79 Å². The fourth-order valence-electron chi connectivity index (χ4n) is 2.07. The van der Waals surface area contributed by atoms with E-state index >= 15 is 0 Å². The summed E-state index contributed by atoms with van der Waals surface area (Å²) >= 11 is 0. The van der Waals surface area contributed by atoms with Crippen LogP contribution in [0.25, 0.3) is 0 Å². The minimum Gasteiger partial charge on any atom is -0.478 e. The molecule has 1 fully saturated rings. The van der Waals surface area contributed by atoms with Crippen LogP contribution in [0.3, 0.4) is 0 Å². The maximum atomic E-state index is 11.9. The largest absolute Gasteiger partial charge is 0.478 e. The molecule has 1 aromatic carbocycles. The number of hydrogen-bond donors (Lipinski definition) is 2. The minimum atomic E-state index is -0.977. The van der Waals surface area contributed by atoms with Crippen molar-refractivity contribution in [3.05, 3.63) is 29.3 Å². The Morgan fingerprint density at radius 2 is 2.00 bits per heavy atom. The van der Waals surface area contributed by atoms with Crippen molar-refractivity contribution in [2.45, 2.75) is 27.2 Å². The first kappa shape index (κ1) is 12.6. The summed E-state index contributed by atoms with van der Waals surface area (Å²) in [6, 6.07) is 4.94. The number of carboxylic acid groups (broad SMARTS) is 1. The molecule has 1 aliphatic rings. The number of amides is 1. The Balaban J connectivity index is 2.13. The van der Waals surface area contributed by atoms with Gasteiger partial charge in [0.25, 0.3) is 0 Å². The average molecular weight is 247 g/mol. The minimum absolute atomic E-state index is 0.0276. The maximum absolute atomic E-state index is 11.9. The van der Waals surface area contributed by atoms with Crippen molar-refractivity contribution >= 4 is 17.6 Å². The molecule has 2 N–H and O–H groups in total. The number of benzene rings is 1. The van der Waals surface area contributed by atoms with Crippen molar-refractivity contribution < 1.29 is 14.7 Å². The molecule has 1 saturated carbocycles. The Morgan fingerprint density at radius 1 is 1.39 bits per heavy atom. The molecule has 2 rings (SSSR count). The van der Waals surface area contributed by atoms with E-state index in [0.717, 1.165) is 6.42 Å². The summed E-state index contributed by atoms with van der Waals surface area (Å²) in [5.41, 5.74) is 1.53. The van der Waals surface area contributed by atoms with Crippen molar-refractivity contribution in [1.29, 1.82) is 0 Å². The van der Waals surface area contributed by atoms with Gasteiger partial charge in [0, 0.05) is 11.6 Å². The highest BCUT2D eigenvalue weighted by molar-refractivity contribution is 5.97. The molecule has 18 heavy (non-hydrogen) atoms. The molecule has 0 saturated heterocycles. The predicted octanol–water partition coefficient (Wildman–Crippen LogP) is 2.68. The fourth-order valence-corrected chi connectivity index (χ4v) is 2.07. The highest BCUT2D eigenvalue weighted by Gasteiger charge is 2.50. The van der Waals surface area contributed by atoms with Crippen molar-refractivity contribution in [2.75, 3.05) is 5.32 Å². The summed E-state index contributed by atoms with van der Waals surface area (Å²) in [7, 11) is 0. The molecule has 1 amide bonds. The van der Waals surface area contributed by atoms with Gasteiger partial charge >= 0.3 is 5.97 Å². The fraction of sp³-hybridized carbons (Fsp3) is 0.429. The van der Waals surface area contributed by atoms with E-state index in [1.165, 1.54) is 6.07 Å². The molecular weight excluding hydrogens is 230 g/mol. The number of rotatable bonds is 3. The lowest BCUT2D eigenvalue weighted by Crippen LogP contribution is -2.17. The highest BCUT2D eigenvalue weighted by atomic mass is 16.4. The second-order valence-corrected chi connectivity index (χ2v) is 5.57. The molecule has 0 spiro atoms. The van der Waals surface area contributed by atoms with E-state index in [1.807, 2.05) is 0 Å². The van der Waals surface area contributed by atoms with E-state index in [9.17, 15) is 9.59 Å². The second kappa shape index (κ2) is 4.12. The van der Waals surface area contributed by atoms with Gasteiger partial charge in [-0.15, -0.1) is 0 Å². The summed E-state index contributed by atoms with van der Waals surface area (Å²) in [4.78, 5) is 22.9. The van der Waals surface area contributed by atoms with Crippen LogP contribution in [0.15, 0.2) is 18.2 Å². The zero-order chi connectivity index (χ0) is 13.5. The molecule has 0 aliphatic heterocycles. The zero-order valence-corrected chi connectivity index (χ0v) is 10.8. The Bertz CT molecular complexity index is 520. The standard InChI is InChI=1S/C14H17NO3/c1-8-4-5-9(6-10(8)13(17)18)15-12(16)11-7-14(11,2)3/h4-6,11H,7H2,1-3H3,(H,15,16)(H,17,18)/t11-/m1/s1. The van der Waals surface area contributed by atoms with E-state index in [0.29, 0.717) is 11.3 Å². The Kier molecular flexibility index (Phi) is 2.89. The molecule has 0 heterocycles. The van der Waals surface area contributed by atoms with Crippen LogP contribution >= 0.6 is 0 Å². The van der Waals surface area contributed by atoms with Crippen LogP contribution in [-0.2, 0) is 4.79 Å². The summed E-state index contributed by atoms with van der Waals surface area (Å²) in [5, 5.41) is 11.8. The van der Waals surface area contributed by atoms with Crippen LogP contribution in [0.4, 0.5) is 5.69 Å². The first-order valence-electron chi connectivity index (χ1n) is 5.96. The Morgan fingerprint density at radius 3 is 2.50 bits per heavy atom. The Hall–Kier alpha value is -1.84. The van der Waals surface area contributed by atoms with Crippen LogP contribution in [-0.4, -0.2) is 17.0 Å². The van der Waals surface area contributed by atoms with Gasteiger partial charge in [-0.05, 0) is 36.5 Å². The molecule has 1 atom stereocenters. The second-order valence-electron chi connectivity index (χ2n) is 5.57. The molecule has 1 aliphatic carbocycles. The third-order valence-corrected chi connectivity index (χ3v) is 3.57. The number of carboxylic acids is 1. The summed E-state index contributed by atoms with van der Waals surface area (Å²) in [6.07, 6.45) is 0.885. The predicted molar refractivity (Wildman–Crippen MR) is 68.7 cm³/mol. The van der Waals surface area contributed by atoms with Crippen LogP contribution in [0.2, 0.25) is 0 Å². The molecule has 4 nitrogen and oxygen atoms in total. The molecule has 0 bridgehead atoms. The van der Waals surface area contributed by atoms with E-state index in [2.05, 4.69) is 19.2 Å². The average Bonchev–Trinajstić information content (AvgIpc) is 2.90. The lowest BCUT2D eigenvalue weighted by atomic mass is 10.1. The third kappa shape index (κ3) is 2.37. The first-order chi connectivity index (χ1) is 8.31. The number of nitrogens with one attached hydrogen (secondary N) is 1. The van der Waals surface area contributed by atoms with Crippen LogP contribution in [0, 0.1) is 18.3 Å². The van der Waals surface area contributed by atoms with E-state index < -0.39 is 5.97 Å². The molecule has 0 radical (unpaired) electrons. The van der Waals surface area contributed by atoms with E-state index in [4.69, 9.17) is 5.11 Å². The van der Waals surface area contributed by atoms with Crippen molar-refractivity contribution in [3.63, 3.8) is 0 Å². The quantitative estimate of drug-likeness (QED) is 0.863. The van der Waals surface area contributed by atoms with Gasteiger partial charge in [-0.2, -0.15) is 0 Å². The van der Waals surface area contributed by atoms with E-state index in [1.54, 1.807) is 19.1 Å². The first-order valence-corrected chi connectivity index (χ1v) is 5.96. The Labute approximate surface area is 106 Å². The van der Waals surface area contributed by atoms with Gasteiger partial charge in [0.15, 0.2) is 0 Å². The topological polar surface area (TPSA) is 66.4 Å². The molecule has 1 aromatic rings. The van der Waals surface area contributed by atoms with Gasteiger partial charge < -0.3 is 10.4 Å². The zero-order valence-electron chi connectivity index (χ0n) is 10.8. The van der Waals surface area contributed by atoms with Crippen molar-refractivity contribution in [3.8, 4) is 0 Å². The van der Waals surface area contributed by atoms with Crippen molar-refractivity contribution in [1.82, 2.24) is 0 Å². The number of carbonyl (C=O) groups is 2. The molecule has 0 unspecified atom stereocenters. The number of carbonyl (C=O) groups excluding carboxylic acids is 1. The van der Waals surface area contributed by atoms with Crippen LogP contribution in [0.1, 0.15) is 36.2 Å². The molecular formula is C14H17NO3. The van der Waals surface area contributed by atoms with Gasteiger partial charge in [0.1, 0.15) is 0 Å². The normalized spacial score (nSPS) is 20.3. The summed E-state index contributed by atoms with van der Waals surface area (Å²) in [5.74, 6) is -0.970. The molecule has 96 valence electrons. The lowest BCUT2D eigenvalue weighted by Gasteiger charge is -2.08. The highest BCUT2D eigenvalue weighted by Crippen LogP contribution is 2.51. The van der Waals surface area contributed by atoms with Gasteiger partial charge in [-0.1, -0.05) is 19.9 Å². The summed E-state index contributed by atoms with van der Waals surface area (Å²) < 4.78 is 0. The number of aromatic carboxylic acids is 1. The van der Waals surface area contributed by atoms with E-state index in [-0.39, 0.29) is 22.8 Å². The monoisotopic (exact) mass is 247 g/mol. The number of hydrogen-bond acceptors (Lipinski definition) is 2. The summed E-state index contributed by atoms with van der Waals surface area (Å²) in [6.45, 7) is 5.84. The molecule has 0 aromatic heterocycles. The smallest absolute Gasteiger partial charge is 0.336 e. The van der Waals surface area contributed by atoms with Gasteiger partial charge in [0.2, 0.25) is 5.91 Å². The van der Waals surface area contributed by atoms with Gasteiger partial charge in [0.05, 0.1) is 5.56 Å². The third-order valence-electron chi connectivity index (χ3n) is 3.57. The maximum Gasteiger partial charge on any atom is 0.336 e. The molecule has 4 heteroatoms. The van der Waals surface area contributed by atoms with Crippen LogP contribution < -0.4 is 5.32 Å². The lowest BCUT2D eigenvalue weighted by molar-refractivity contribution is -0.118.